The van der Waals surface area contributed by atoms with Crippen LogP contribution in [0, 0.1) is 0 Å². The van der Waals surface area contributed by atoms with Crippen LogP contribution in [0.4, 0.5) is 0 Å². The first-order valence-electron chi connectivity index (χ1n) is 8.11. The van der Waals surface area contributed by atoms with Crippen molar-refractivity contribution >= 4 is 13.7 Å². The van der Waals surface area contributed by atoms with Crippen molar-refractivity contribution in [2.75, 3.05) is 33.3 Å². The van der Waals surface area contributed by atoms with Gasteiger partial charge in [0.05, 0.1) is 0 Å². The number of nitrogens with zero attached hydrogens (tertiary/aromatic N) is 3. The molecule has 2 saturated heterocycles. The van der Waals surface area contributed by atoms with Crippen LogP contribution in [0.25, 0.3) is 0 Å². The molecule has 1 atom stereocenters. The largest absolute Gasteiger partial charge is 0.454 e. The van der Waals surface area contributed by atoms with E-state index in [1.807, 2.05) is 27.7 Å². The molecule has 0 spiro atoms. The van der Waals surface area contributed by atoms with Gasteiger partial charge >= 0.3 is 7.75 Å². The summed E-state index contributed by atoms with van der Waals surface area (Å²) in [4.78, 5) is 13.7. The molecule has 0 bridgehead atoms. The fraction of sp³-hybridized carbons (Fsp3) is 0.929. The molecule has 0 saturated carbocycles. The van der Waals surface area contributed by atoms with Gasteiger partial charge in [0.1, 0.15) is 0 Å². The summed E-state index contributed by atoms with van der Waals surface area (Å²) in [7, 11) is -2.61. The van der Waals surface area contributed by atoms with E-state index in [4.69, 9.17) is 0 Å². The highest BCUT2D eigenvalue weighted by Crippen LogP contribution is 2.43. The van der Waals surface area contributed by atoms with E-state index in [9.17, 15) is 9.46 Å². The van der Waals surface area contributed by atoms with E-state index < -0.39 is 7.75 Å². The first kappa shape index (κ1) is 20.4. The highest BCUT2D eigenvalue weighted by atomic mass is 31.2. The van der Waals surface area contributed by atoms with Gasteiger partial charge in [-0.2, -0.15) is 0 Å². The molecule has 2 heterocycles. The normalized spacial score (nSPS) is 19.9. The van der Waals surface area contributed by atoms with Gasteiger partial charge in [0.25, 0.3) is 0 Å². The highest BCUT2D eigenvalue weighted by Gasteiger charge is 2.28. The summed E-state index contributed by atoms with van der Waals surface area (Å²) >= 11 is 0. The quantitative estimate of drug-likeness (QED) is 0.480. The van der Waals surface area contributed by atoms with Gasteiger partial charge in [-0.25, -0.2) is 4.57 Å². The van der Waals surface area contributed by atoms with Crippen molar-refractivity contribution in [2.24, 2.45) is 4.76 Å². The fourth-order valence-electron chi connectivity index (χ4n) is 2.31. The lowest BCUT2D eigenvalue weighted by molar-refractivity contribution is 0.313. The van der Waals surface area contributed by atoms with E-state index in [1.54, 1.807) is 0 Å². The molecule has 0 aromatic heterocycles. The Hall–Kier alpha value is -0.580. The Balaban J connectivity index is 0.000000921. The Bertz CT molecular complexity index is 320. The topological polar surface area (TPSA) is 65.4 Å². The highest BCUT2D eigenvalue weighted by molar-refractivity contribution is 7.51. The summed E-state index contributed by atoms with van der Waals surface area (Å²) in [6.45, 7) is 11.7. The van der Waals surface area contributed by atoms with Crippen LogP contribution >= 0.6 is 7.75 Å². The van der Waals surface area contributed by atoms with E-state index in [2.05, 4.69) is 19.1 Å². The second kappa shape index (κ2) is 11.0. The molecule has 2 rings (SSSR count). The Morgan fingerprint density at radius 3 is 1.57 bits per heavy atom. The summed E-state index contributed by atoms with van der Waals surface area (Å²) in [5, 5.41) is 0. The standard InChI is InChI=1S/C10H20N3O3P.2C2H6/c1-16-17(14,15)11-10(12-6-2-3-7-12)13-8-4-5-9-13;2*1-2/h2-9H2,1H3,(H,14,15);2*1-2H3. The maximum absolute atomic E-state index is 11.6. The molecular weight excluding hydrogens is 289 g/mol. The zero-order valence-corrected chi connectivity index (χ0v) is 15.1. The van der Waals surface area contributed by atoms with Gasteiger partial charge in [0, 0.05) is 33.3 Å². The van der Waals surface area contributed by atoms with Crippen LogP contribution in [0.15, 0.2) is 4.76 Å². The molecular formula is C14H32N3O3P. The number of hydrogen-bond donors (Lipinski definition) is 1. The lowest BCUT2D eigenvalue weighted by Gasteiger charge is -2.28. The second-order valence-electron chi connectivity index (χ2n) is 4.46. The summed E-state index contributed by atoms with van der Waals surface area (Å²) in [5.74, 6) is 0.646. The van der Waals surface area contributed by atoms with Gasteiger partial charge in [-0.3, -0.25) is 4.52 Å². The van der Waals surface area contributed by atoms with Crippen LogP contribution in [0.5, 0.6) is 0 Å². The predicted molar refractivity (Wildman–Crippen MR) is 88.6 cm³/mol. The van der Waals surface area contributed by atoms with Crippen LogP contribution in [-0.4, -0.2) is 53.9 Å². The molecule has 0 radical (unpaired) electrons. The second-order valence-corrected chi connectivity index (χ2v) is 6.01. The van der Waals surface area contributed by atoms with Gasteiger partial charge in [-0.15, -0.1) is 4.76 Å². The molecule has 126 valence electrons. The molecule has 0 aromatic rings. The van der Waals surface area contributed by atoms with E-state index in [-0.39, 0.29) is 0 Å². The molecule has 2 fully saturated rings. The van der Waals surface area contributed by atoms with Crippen molar-refractivity contribution < 1.29 is 14.0 Å². The lowest BCUT2D eigenvalue weighted by Crippen LogP contribution is -2.41. The third-order valence-corrected chi connectivity index (χ3v) is 4.14. The predicted octanol–water partition coefficient (Wildman–Crippen LogP) is 3.33. The van der Waals surface area contributed by atoms with Crippen LogP contribution in [-0.2, 0) is 9.09 Å². The molecule has 1 unspecified atom stereocenters. The zero-order valence-electron chi connectivity index (χ0n) is 14.2. The van der Waals surface area contributed by atoms with Crippen molar-refractivity contribution in [3.05, 3.63) is 0 Å². The SMILES string of the molecule is CC.CC.COP(=O)(O)N=C(N1CCCC1)N1CCCC1. The van der Waals surface area contributed by atoms with Crippen molar-refractivity contribution in [3.63, 3.8) is 0 Å². The summed E-state index contributed by atoms with van der Waals surface area (Å²) < 4.78 is 20.1. The van der Waals surface area contributed by atoms with E-state index in [0.717, 1.165) is 51.9 Å². The minimum absolute atomic E-state index is 0.646. The van der Waals surface area contributed by atoms with Crippen molar-refractivity contribution in [1.29, 1.82) is 0 Å². The number of guanidine groups is 1. The van der Waals surface area contributed by atoms with Gasteiger partial charge in [0.2, 0.25) is 5.96 Å². The van der Waals surface area contributed by atoms with Gasteiger partial charge in [0.15, 0.2) is 0 Å². The van der Waals surface area contributed by atoms with Gasteiger partial charge < -0.3 is 14.7 Å². The number of likely N-dealkylation sites (tertiary alicyclic amines) is 2. The van der Waals surface area contributed by atoms with Crippen molar-refractivity contribution in [2.45, 2.75) is 53.4 Å². The minimum atomic E-state index is -3.83. The molecule has 7 heteroatoms. The number of hydrogen-bond acceptors (Lipinski definition) is 2. The zero-order chi connectivity index (χ0) is 16.3. The Kier molecular flexibility index (Phi) is 10.7. The average molecular weight is 321 g/mol. The molecule has 21 heavy (non-hydrogen) atoms. The van der Waals surface area contributed by atoms with E-state index in [0.29, 0.717) is 5.96 Å². The molecule has 0 aliphatic carbocycles. The summed E-state index contributed by atoms with van der Waals surface area (Å²) in [6.07, 6.45) is 4.48. The van der Waals surface area contributed by atoms with Gasteiger partial charge in [-0.1, -0.05) is 27.7 Å². The van der Waals surface area contributed by atoms with Crippen LogP contribution in [0.3, 0.4) is 0 Å². The Labute approximate surface area is 129 Å². The van der Waals surface area contributed by atoms with E-state index >= 15 is 0 Å². The first-order valence-corrected chi connectivity index (χ1v) is 9.64. The molecule has 2 aliphatic rings. The van der Waals surface area contributed by atoms with Crippen molar-refractivity contribution in [1.82, 2.24) is 9.80 Å². The third kappa shape index (κ3) is 6.81. The molecule has 2 aliphatic heterocycles. The molecule has 0 aromatic carbocycles. The fourth-order valence-corrected chi connectivity index (χ4v) is 2.88. The summed E-state index contributed by atoms with van der Waals surface area (Å²) in [6, 6.07) is 0. The van der Waals surface area contributed by atoms with Crippen LogP contribution < -0.4 is 0 Å². The summed E-state index contributed by atoms with van der Waals surface area (Å²) in [5.41, 5.74) is 0. The smallest absolute Gasteiger partial charge is 0.342 e. The molecule has 6 nitrogen and oxygen atoms in total. The Morgan fingerprint density at radius 2 is 1.29 bits per heavy atom. The van der Waals surface area contributed by atoms with Crippen LogP contribution in [0.2, 0.25) is 0 Å². The van der Waals surface area contributed by atoms with E-state index in [1.165, 1.54) is 7.11 Å². The first-order chi connectivity index (χ1) is 10.1. The number of rotatable bonds is 2. The monoisotopic (exact) mass is 321 g/mol. The maximum Gasteiger partial charge on any atom is 0.454 e. The van der Waals surface area contributed by atoms with Crippen molar-refractivity contribution in [3.8, 4) is 0 Å². The maximum atomic E-state index is 11.6. The third-order valence-electron chi connectivity index (χ3n) is 3.23. The molecule has 1 N–H and O–H groups in total. The minimum Gasteiger partial charge on any atom is -0.342 e. The van der Waals surface area contributed by atoms with Gasteiger partial charge in [-0.05, 0) is 25.7 Å². The van der Waals surface area contributed by atoms with Crippen LogP contribution in [0.1, 0.15) is 53.4 Å². The average Bonchev–Trinajstić information content (AvgIpc) is 3.22. The Morgan fingerprint density at radius 1 is 0.952 bits per heavy atom. The lowest BCUT2D eigenvalue weighted by atomic mass is 10.4. The molecule has 0 amide bonds.